The summed E-state index contributed by atoms with van der Waals surface area (Å²) in [6.07, 6.45) is 0.433. The van der Waals surface area contributed by atoms with Crippen LogP contribution in [0.15, 0.2) is 59.9 Å². The number of hydrogen-bond acceptors (Lipinski definition) is 6. The molecular weight excluding hydrogens is 500 g/mol. The summed E-state index contributed by atoms with van der Waals surface area (Å²) in [5.74, 6) is -1.87. The van der Waals surface area contributed by atoms with Crippen LogP contribution in [0, 0.1) is 11.7 Å². The maximum Gasteiger partial charge on any atom is 0.451 e. The molecule has 7 nitrogen and oxygen atoms in total. The molecule has 0 radical (unpaired) electrons. The quantitative estimate of drug-likeness (QED) is 0.437. The number of carbonyl (C=O) groups is 1. The summed E-state index contributed by atoms with van der Waals surface area (Å²) in [6, 6.07) is 6.87. The first-order valence-corrected chi connectivity index (χ1v) is 12.6. The van der Waals surface area contributed by atoms with Crippen LogP contribution in [0.25, 0.3) is 11.3 Å². The molecule has 0 unspecified atom stereocenters. The number of nitrogens with zero attached hydrogens (tertiary/aromatic N) is 4. The first-order chi connectivity index (χ1) is 17.0. The van der Waals surface area contributed by atoms with Crippen molar-refractivity contribution in [3.8, 4) is 11.3 Å². The molecule has 1 aromatic carbocycles. The van der Waals surface area contributed by atoms with E-state index >= 15 is 0 Å². The molecule has 12 heteroatoms. The smallest absolute Gasteiger partial charge is 0.298 e. The van der Waals surface area contributed by atoms with E-state index in [0.717, 1.165) is 24.5 Å². The van der Waals surface area contributed by atoms with Gasteiger partial charge in [0.05, 0.1) is 16.6 Å². The second-order valence-corrected chi connectivity index (χ2v) is 10.8. The Balaban J connectivity index is 1.28. The summed E-state index contributed by atoms with van der Waals surface area (Å²) in [5.41, 5.74) is 1.37. The van der Waals surface area contributed by atoms with Gasteiger partial charge in [-0.3, -0.25) is 9.78 Å². The standard InChI is InChI=1S/C24H20F4N4O3S/c25-17-2-4-18(5-3-17)36(34,35)32-20-10-15(20)11-21(32)22(33)6-1-14-7-8-29-19(9-14)16-12-30-23(31-13-16)24(26,27)28/h2-5,7-9,12-13,15,20-21H,1,6,10-11H2/t15-,20-,21-/m0/s1. The average molecular weight is 521 g/mol. The van der Waals surface area contributed by atoms with Crippen LogP contribution in [0.5, 0.6) is 0 Å². The second-order valence-electron chi connectivity index (χ2n) is 8.91. The molecule has 2 fully saturated rings. The summed E-state index contributed by atoms with van der Waals surface area (Å²) in [5, 5.41) is 0. The Morgan fingerprint density at radius 1 is 1.03 bits per heavy atom. The molecular formula is C24H20F4N4O3S. The Morgan fingerprint density at radius 3 is 2.39 bits per heavy atom. The molecule has 5 rings (SSSR count). The normalized spacial score (nSPS) is 21.8. The Hall–Kier alpha value is -3.25. The van der Waals surface area contributed by atoms with Gasteiger partial charge in [0.25, 0.3) is 0 Å². The zero-order chi connectivity index (χ0) is 25.7. The minimum atomic E-state index is -4.65. The average Bonchev–Trinajstić information content (AvgIpc) is 3.50. The Morgan fingerprint density at radius 2 is 1.72 bits per heavy atom. The number of pyridine rings is 1. The van der Waals surface area contributed by atoms with Crippen molar-refractivity contribution in [1.82, 2.24) is 19.3 Å². The number of sulfonamides is 1. The van der Waals surface area contributed by atoms with Crippen molar-refractivity contribution in [3.05, 3.63) is 72.2 Å². The molecule has 2 aliphatic rings. The lowest BCUT2D eigenvalue weighted by atomic mass is 10.0. The molecule has 0 spiro atoms. The van der Waals surface area contributed by atoms with Gasteiger partial charge in [0.15, 0.2) is 5.78 Å². The second kappa shape index (κ2) is 9.00. The van der Waals surface area contributed by atoms with E-state index in [4.69, 9.17) is 0 Å². The number of piperidine rings is 1. The van der Waals surface area contributed by atoms with Crippen LogP contribution < -0.4 is 0 Å². The molecule has 36 heavy (non-hydrogen) atoms. The molecule has 3 atom stereocenters. The third kappa shape index (κ3) is 4.74. The first-order valence-electron chi connectivity index (χ1n) is 11.2. The Bertz CT molecular complexity index is 1400. The first kappa shape index (κ1) is 24.4. The summed E-state index contributed by atoms with van der Waals surface area (Å²) < 4.78 is 79.1. The van der Waals surface area contributed by atoms with E-state index in [2.05, 4.69) is 15.0 Å². The number of benzene rings is 1. The van der Waals surface area contributed by atoms with Crippen molar-refractivity contribution < 1.29 is 30.8 Å². The van der Waals surface area contributed by atoms with E-state index in [-0.39, 0.29) is 29.1 Å². The number of hydrogen-bond donors (Lipinski definition) is 0. The van der Waals surface area contributed by atoms with Crippen molar-refractivity contribution in [2.75, 3.05) is 0 Å². The van der Waals surface area contributed by atoms with Crippen LogP contribution in [0.4, 0.5) is 17.6 Å². The number of carbonyl (C=O) groups excluding carboxylic acids is 1. The van der Waals surface area contributed by atoms with E-state index in [0.29, 0.717) is 36.1 Å². The summed E-state index contributed by atoms with van der Waals surface area (Å²) in [4.78, 5) is 23.9. The third-order valence-corrected chi connectivity index (χ3v) is 8.44. The highest BCUT2D eigenvalue weighted by atomic mass is 32.2. The molecule has 0 bridgehead atoms. The summed E-state index contributed by atoms with van der Waals surface area (Å²) >= 11 is 0. The van der Waals surface area contributed by atoms with E-state index in [1.54, 1.807) is 12.1 Å². The number of aromatic nitrogens is 3. The van der Waals surface area contributed by atoms with Crippen LogP contribution >= 0.6 is 0 Å². The van der Waals surface area contributed by atoms with Crippen molar-refractivity contribution in [2.24, 2.45) is 5.92 Å². The van der Waals surface area contributed by atoms with Crippen LogP contribution in [0.1, 0.15) is 30.7 Å². The van der Waals surface area contributed by atoms with Gasteiger partial charge >= 0.3 is 6.18 Å². The van der Waals surface area contributed by atoms with Crippen molar-refractivity contribution in [1.29, 1.82) is 0 Å². The topological polar surface area (TPSA) is 93.1 Å². The fourth-order valence-corrected chi connectivity index (χ4v) is 6.47. The van der Waals surface area contributed by atoms with Crippen LogP contribution in [-0.2, 0) is 27.4 Å². The minimum Gasteiger partial charge on any atom is -0.298 e. The van der Waals surface area contributed by atoms with Gasteiger partial charge in [-0.05, 0) is 67.1 Å². The fraction of sp³-hybridized carbons (Fsp3) is 0.333. The molecule has 3 heterocycles. The lowest BCUT2D eigenvalue weighted by Crippen LogP contribution is -2.43. The highest BCUT2D eigenvalue weighted by Gasteiger charge is 2.58. The molecule has 0 N–H and O–H groups in total. The molecule has 1 saturated heterocycles. The van der Waals surface area contributed by atoms with Gasteiger partial charge in [-0.15, -0.1) is 0 Å². The predicted molar refractivity (Wildman–Crippen MR) is 119 cm³/mol. The van der Waals surface area contributed by atoms with E-state index in [1.165, 1.54) is 22.6 Å². The largest absolute Gasteiger partial charge is 0.451 e. The van der Waals surface area contributed by atoms with Gasteiger partial charge in [0.2, 0.25) is 15.8 Å². The lowest BCUT2D eigenvalue weighted by molar-refractivity contribution is -0.145. The molecule has 188 valence electrons. The highest BCUT2D eigenvalue weighted by molar-refractivity contribution is 7.89. The number of fused-ring (bicyclic) bond motifs is 1. The van der Waals surface area contributed by atoms with Crippen molar-refractivity contribution in [3.63, 3.8) is 0 Å². The number of Topliss-reactive ketones (excluding diaryl/α,β-unsaturated/α-hetero) is 1. The zero-order valence-corrected chi connectivity index (χ0v) is 19.5. The van der Waals surface area contributed by atoms with Gasteiger partial charge in [-0.25, -0.2) is 22.8 Å². The van der Waals surface area contributed by atoms with Crippen molar-refractivity contribution >= 4 is 15.8 Å². The number of ketones is 1. The maximum absolute atomic E-state index is 13.3. The van der Waals surface area contributed by atoms with Gasteiger partial charge in [-0.1, -0.05) is 0 Å². The summed E-state index contributed by atoms with van der Waals surface area (Å²) in [6.45, 7) is 0. The number of rotatable bonds is 7. The number of aryl methyl sites for hydroxylation is 1. The number of alkyl halides is 3. The minimum absolute atomic E-state index is 0.0493. The molecule has 1 aliphatic heterocycles. The Kier molecular flexibility index (Phi) is 6.11. The van der Waals surface area contributed by atoms with Crippen LogP contribution in [0.2, 0.25) is 0 Å². The SMILES string of the molecule is O=C(CCc1ccnc(-c2cnc(C(F)(F)F)nc2)c1)[C@@H]1C[C@@H]2C[C@@H]2N1S(=O)(=O)c1ccc(F)cc1. The lowest BCUT2D eigenvalue weighted by Gasteiger charge is -2.26. The highest BCUT2D eigenvalue weighted by Crippen LogP contribution is 2.50. The zero-order valence-electron chi connectivity index (χ0n) is 18.7. The van der Waals surface area contributed by atoms with Gasteiger partial charge in [0, 0.05) is 36.6 Å². The van der Waals surface area contributed by atoms with Crippen molar-refractivity contribution in [2.45, 2.75) is 48.8 Å². The molecule has 0 amide bonds. The van der Waals surface area contributed by atoms with E-state index in [1.807, 2.05) is 0 Å². The molecule has 1 saturated carbocycles. The molecule has 3 aromatic rings. The number of halogens is 4. The van der Waals surface area contributed by atoms with Gasteiger partial charge in [0.1, 0.15) is 5.82 Å². The van der Waals surface area contributed by atoms with Gasteiger partial charge in [-0.2, -0.15) is 17.5 Å². The van der Waals surface area contributed by atoms with Crippen LogP contribution in [-0.4, -0.2) is 45.5 Å². The predicted octanol–water partition coefficient (Wildman–Crippen LogP) is 4.05. The Labute approximate surface area is 204 Å². The molecule has 2 aromatic heterocycles. The van der Waals surface area contributed by atoms with E-state index in [9.17, 15) is 30.8 Å². The van der Waals surface area contributed by atoms with Gasteiger partial charge < -0.3 is 0 Å². The fourth-order valence-electron chi connectivity index (χ4n) is 4.59. The van der Waals surface area contributed by atoms with Crippen LogP contribution in [0.3, 0.4) is 0 Å². The third-order valence-electron chi connectivity index (χ3n) is 6.49. The molecule has 1 aliphatic carbocycles. The summed E-state index contributed by atoms with van der Waals surface area (Å²) in [7, 11) is -3.96. The monoisotopic (exact) mass is 520 g/mol. The maximum atomic E-state index is 13.3. The van der Waals surface area contributed by atoms with E-state index < -0.39 is 33.9 Å².